The number of aromatic nitrogens is 1. The first-order chi connectivity index (χ1) is 9.03. The van der Waals surface area contributed by atoms with Gasteiger partial charge in [0.1, 0.15) is 5.54 Å². The number of pyridine rings is 1. The smallest absolute Gasteiger partial charge is 0.329 e. The monoisotopic (exact) mass is 262 g/mol. The Hall–Kier alpha value is -1.91. The number of hydrogen-bond acceptors (Lipinski definition) is 3. The largest absolute Gasteiger partial charge is 0.480 e. The van der Waals surface area contributed by atoms with Crippen molar-refractivity contribution in [2.75, 3.05) is 0 Å². The Labute approximate surface area is 112 Å². The molecule has 0 spiro atoms. The molecular weight excluding hydrogens is 244 g/mol. The predicted octanol–water partition coefficient (Wildman–Crippen LogP) is 1.84. The number of hydrogen-bond donors (Lipinski definition) is 2. The molecule has 19 heavy (non-hydrogen) atoms. The highest BCUT2D eigenvalue weighted by Crippen LogP contribution is 2.32. The molecule has 1 aliphatic rings. The van der Waals surface area contributed by atoms with E-state index in [4.69, 9.17) is 0 Å². The van der Waals surface area contributed by atoms with E-state index in [1.807, 2.05) is 0 Å². The van der Waals surface area contributed by atoms with Crippen LogP contribution < -0.4 is 5.32 Å². The number of nitrogens with zero attached hydrogens (tertiary/aromatic N) is 1. The van der Waals surface area contributed by atoms with Crippen molar-refractivity contribution >= 4 is 11.9 Å². The lowest BCUT2D eigenvalue weighted by Gasteiger charge is -2.36. The lowest BCUT2D eigenvalue weighted by atomic mass is 9.77. The van der Waals surface area contributed by atoms with E-state index in [1.165, 1.54) is 12.4 Å². The van der Waals surface area contributed by atoms with Crippen LogP contribution in [0.3, 0.4) is 0 Å². The minimum absolute atomic E-state index is 0.348. The molecule has 1 amide bonds. The fraction of sp³-hybridized carbons (Fsp3) is 0.500. The van der Waals surface area contributed by atoms with Gasteiger partial charge in [-0.3, -0.25) is 9.78 Å². The third-order valence-corrected chi connectivity index (χ3v) is 3.83. The molecular formula is C14H18N2O3. The van der Waals surface area contributed by atoms with Crippen LogP contribution in [0, 0.1) is 5.92 Å². The zero-order valence-electron chi connectivity index (χ0n) is 10.9. The molecule has 0 saturated heterocycles. The summed E-state index contributed by atoms with van der Waals surface area (Å²) in [5.41, 5.74) is -0.679. The van der Waals surface area contributed by atoms with Gasteiger partial charge in [0.2, 0.25) is 0 Å². The third kappa shape index (κ3) is 2.92. The molecule has 5 heteroatoms. The number of rotatable bonds is 3. The summed E-state index contributed by atoms with van der Waals surface area (Å²) in [6.07, 6.45) is 5.66. The van der Waals surface area contributed by atoms with E-state index in [0.29, 0.717) is 24.3 Å². The molecule has 2 N–H and O–H groups in total. The van der Waals surface area contributed by atoms with Gasteiger partial charge in [-0.25, -0.2) is 4.79 Å². The molecule has 0 aromatic carbocycles. The van der Waals surface area contributed by atoms with E-state index < -0.39 is 11.5 Å². The molecule has 0 atom stereocenters. The highest BCUT2D eigenvalue weighted by atomic mass is 16.4. The summed E-state index contributed by atoms with van der Waals surface area (Å²) in [4.78, 5) is 27.5. The molecule has 102 valence electrons. The Balaban J connectivity index is 2.14. The van der Waals surface area contributed by atoms with Gasteiger partial charge in [-0.05, 0) is 43.7 Å². The van der Waals surface area contributed by atoms with Crippen LogP contribution in [-0.4, -0.2) is 27.5 Å². The number of aliphatic carboxylic acids is 1. The summed E-state index contributed by atoms with van der Waals surface area (Å²) >= 11 is 0. The molecule has 1 fully saturated rings. The average molecular weight is 262 g/mol. The number of carboxylic acids is 1. The van der Waals surface area contributed by atoms with Gasteiger partial charge in [0.25, 0.3) is 5.91 Å². The molecule has 1 heterocycles. The van der Waals surface area contributed by atoms with Gasteiger partial charge in [-0.2, -0.15) is 0 Å². The van der Waals surface area contributed by atoms with Crippen molar-refractivity contribution in [2.24, 2.45) is 5.92 Å². The van der Waals surface area contributed by atoms with Gasteiger partial charge in [0, 0.05) is 18.0 Å². The molecule has 1 aliphatic carbocycles. The van der Waals surface area contributed by atoms with Gasteiger partial charge in [-0.15, -0.1) is 0 Å². The maximum Gasteiger partial charge on any atom is 0.329 e. The van der Waals surface area contributed by atoms with E-state index in [2.05, 4.69) is 17.2 Å². The number of nitrogens with one attached hydrogen (secondary N) is 1. The number of carboxylic acid groups (broad SMARTS) is 1. The van der Waals surface area contributed by atoms with Crippen LogP contribution in [0.15, 0.2) is 24.5 Å². The van der Waals surface area contributed by atoms with Crippen LogP contribution in [0.4, 0.5) is 0 Å². The van der Waals surface area contributed by atoms with E-state index in [0.717, 1.165) is 12.8 Å². The van der Waals surface area contributed by atoms with Crippen LogP contribution in [0.2, 0.25) is 0 Å². The van der Waals surface area contributed by atoms with Crippen molar-refractivity contribution in [1.82, 2.24) is 10.3 Å². The van der Waals surface area contributed by atoms with Crippen LogP contribution in [0.1, 0.15) is 43.0 Å². The minimum Gasteiger partial charge on any atom is -0.480 e. The van der Waals surface area contributed by atoms with Gasteiger partial charge in [0.05, 0.1) is 0 Å². The van der Waals surface area contributed by atoms with Crippen molar-refractivity contribution < 1.29 is 14.7 Å². The summed E-state index contributed by atoms with van der Waals surface area (Å²) < 4.78 is 0. The van der Waals surface area contributed by atoms with Gasteiger partial charge >= 0.3 is 5.97 Å². The van der Waals surface area contributed by atoms with Crippen LogP contribution in [-0.2, 0) is 4.79 Å². The molecule has 0 unspecified atom stereocenters. The normalized spacial score (nSPS) is 26.7. The molecule has 2 rings (SSSR count). The Morgan fingerprint density at radius 3 is 2.42 bits per heavy atom. The summed E-state index contributed by atoms with van der Waals surface area (Å²) in [5.74, 6) is -0.772. The zero-order valence-corrected chi connectivity index (χ0v) is 10.9. The Morgan fingerprint density at radius 2 is 1.89 bits per heavy atom. The molecule has 0 bridgehead atoms. The zero-order chi connectivity index (χ0) is 13.9. The maximum absolute atomic E-state index is 12.1. The van der Waals surface area contributed by atoms with Crippen LogP contribution >= 0.6 is 0 Å². The van der Waals surface area contributed by atoms with Crippen LogP contribution in [0.25, 0.3) is 0 Å². The minimum atomic E-state index is -1.12. The second-order valence-electron chi connectivity index (χ2n) is 5.26. The quantitative estimate of drug-likeness (QED) is 0.871. The summed E-state index contributed by atoms with van der Waals surface area (Å²) in [6, 6.07) is 3.16. The first-order valence-corrected chi connectivity index (χ1v) is 6.49. The summed E-state index contributed by atoms with van der Waals surface area (Å²) in [7, 11) is 0. The SMILES string of the molecule is CC1CCC(NC(=O)c2ccncc2)(C(=O)O)CC1. The Bertz CT molecular complexity index is 465. The number of carbonyl (C=O) groups excluding carboxylic acids is 1. The molecule has 1 saturated carbocycles. The molecule has 0 aliphatic heterocycles. The van der Waals surface area contributed by atoms with Gasteiger partial charge in [-0.1, -0.05) is 6.92 Å². The van der Waals surface area contributed by atoms with Gasteiger partial charge < -0.3 is 10.4 Å². The van der Waals surface area contributed by atoms with E-state index in [9.17, 15) is 14.7 Å². The van der Waals surface area contributed by atoms with E-state index >= 15 is 0 Å². The summed E-state index contributed by atoms with van der Waals surface area (Å²) in [6.45, 7) is 2.11. The number of amides is 1. The van der Waals surface area contributed by atoms with Crippen molar-refractivity contribution in [2.45, 2.75) is 38.1 Å². The topological polar surface area (TPSA) is 79.3 Å². The highest BCUT2D eigenvalue weighted by molar-refractivity contribution is 5.97. The molecule has 1 aromatic rings. The average Bonchev–Trinajstić information content (AvgIpc) is 2.42. The second kappa shape index (κ2) is 5.38. The lowest BCUT2D eigenvalue weighted by molar-refractivity contribution is -0.146. The fourth-order valence-corrected chi connectivity index (χ4v) is 2.44. The maximum atomic E-state index is 12.1. The number of carbonyl (C=O) groups is 2. The lowest BCUT2D eigenvalue weighted by Crippen LogP contribution is -2.56. The fourth-order valence-electron chi connectivity index (χ4n) is 2.44. The van der Waals surface area contributed by atoms with Crippen LogP contribution in [0.5, 0.6) is 0 Å². The van der Waals surface area contributed by atoms with Crippen molar-refractivity contribution in [3.05, 3.63) is 30.1 Å². The molecule has 0 radical (unpaired) electrons. The first-order valence-electron chi connectivity index (χ1n) is 6.49. The molecule has 5 nitrogen and oxygen atoms in total. The Morgan fingerprint density at radius 1 is 1.32 bits per heavy atom. The summed E-state index contributed by atoms with van der Waals surface area (Å²) in [5, 5.41) is 12.1. The predicted molar refractivity (Wildman–Crippen MR) is 69.7 cm³/mol. The van der Waals surface area contributed by atoms with E-state index in [-0.39, 0.29) is 5.91 Å². The standard InChI is InChI=1S/C14H18N2O3/c1-10-2-6-14(7-3-10,13(18)19)16-12(17)11-4-8-15-9-5-11/h4-5,8-10H,2-3,6-7H2,1H3,(H,16,17)(H,18,19). The van der Waals surface area contributed by atoms with Gasteiger partial charge in [0.15, 0.2) is 0 Å². The highest BCUT2D eigenvalue weighted by Gasteiger charge is 2.42. The van der Waals surface area contributed by atoms with E-state index in [1.54, 1.807) is 12.1 Å². The van der Waals surface area contributed by atoms with Crippen molar-refractivity contribution in [3.63, 3.8) is 0 Å². The van der Waals surface area contributed by atoms with Crippen molar-refractivity contribution in [1.29, 1.82) is 0 Å². The third-order valence-electron chi connectivity index (χ3n) is 3.83. The second-order valence-corrected chi connectivity index (χ2v) is 5.26. The first kappa shape index (κ1) is 13.5. The molecule has 1 aromatic heterocycles. The Kier molecular flexibility index (Phi) is 3.83. The van der Waals surface area contributed by atoms with Crippen molar-refractivity contribution in [3.8, 4) is 0 Å².